The van der Waals surface area contributed by atoms with Gasteiger partial charge in [-0.3, -0.25) is 4.79 Å². The van der Waals surface area contributed by atoms with E-state index in [0.717, 1.165) is 35.9 Å². The Kier molecular flexibility index (Phi) is 7.72. The van der Waals surface area contributed by atoms with Crippen molar-refractivity contribution >= 4 is 17.0 Å². The van der Waals surface area contributed by atoms with Crippen LogP contribution in [0.4, 0.5) is 8.78 Å². The number of fused-ring (bicyclic) bond motifs is 1. The van der Waals surface area contributed by atoms with Crippen LogP contribution in [0.1, 0.15) is 18.4 Å². The highest BCUT2D eigenvalue weighted by Crippen LogP contribution is 2.21. The molecule has 0 radical (unpaired) electrons. The Hall–Kier alpha value is -3.07. The number of nitrogens with one attached hydrogen (secondary N) is 1. The number of rotatable bonds is 8. The summed E-state index contributed by atoms with van der Waals surface area (Å²) in [5.41, 5.74) is 7.33. The fourth-order valence-electron chi connectivity index (χ4n) is 4.25. The standard InChI is InChI=1S/C26H29F2N3O3/c1-33-21-8-4-17-5-11-26(32)31(24(17)14-21)15-23(29)25-10-7-20(16-34-25)30-12-2-3-18-13-19(27)6-9-22(18)28/h2-6,8-9,11,13-14,20,23,25,30H,7,10,12,15-16,29H2,1H3/b3-2+/t20-,23+,25+/m1/s1. The van der Waals surface area contributed by atoms with E-state index in [0.29, 0.717) is 25.4 Å². The van der Waals surface area contributed by atoms with Crippen molar-refractivity contribution in [3.05, 3.63) is 82.2 Å². The van der Waals surface area contributed by atoms with Gasteiger partial charge in [0.05, 0.1) is 25.3 Å². The van der Waals surface area contributed by atoms with Crippen molar-refractivity contribution in [2.45, 2.75) is 37.6 Å². The van der Waals surface area contributed by atoms with E-state index in [1.807, 2.05) is 18.2 Å². The van der Waals surface area contributed by atoms with E-state index in [-0.39, 0.29) is 29.3 Å². The van der Waals surface area contributed by atoms with Crippen LogP contribution in [0.5, 0.6) is 5.75 Å². The van der Waals surface area contributed by atoms with E-state index in [2.05, 4.69) is 5.32 Å². The summed E-state index contributed by atoms with van der Waals surface area (Å²) in [6, 6.07) is 12.1. The number of halogens is 2. The molecule has 2 aromatic carbocycles. The van der Waals surface area contributed by atoms with Crippen molar-refractivity contribution in [1.29, 1.82) is 0 Å². The molecule has 6 nitrogen and oxygen atoms in total. The third-order valence-corrected chi connectivity index (χ3v) is 6.16. The number of ether oxygens (including phenoxy) is 2. The van der Waals surface area contributed by atoms with Crippen molar-refractivity contribution in [3.8, 4) is 5.75 Å². The van der Waals surface area contributed by atoms with Gasteiger partial charge in [-0.1, -0.05) is 12.2 Å². The molecule has 8 heteroatoms. The van der Waals surface area contributed by atoms with Gasteiger partial charge in [-0.15, -0.1) is 0 Å². The summed E-state index contributed by atoms with van der Waals surface area (Å²) in [6.07, 6.45) is 4.77. The van der Waals surface area contributed by atoms with Crippen LogP contribution in [0.15, 0.2) is 59.4 Å². The first-order chi connectivity index (χ1) is 16.4. The molecule has 34 heavy (non-hydrogen) atoms. The molecule has 180 valence electrons. The van der Waals surface area contributed by atoms with Gasteiger partial charge >= 0.3 is 0 Å². The molecular formula is C26H29F2N3O3. The van der Waals surface area contributed by atoms with Crippen LogP contribution in [0.25, 0.3) is 17.0 Å². The highest BCUT2D eigenvalue weighted by molar-refractivity contribution is 5.80. The summed E-state index contributed by atoms with van der Waals surface area (Å²) in [6.45, 7) is 1.33. The second kappa shape index (κ2) is 10.9. The van der Waals surface area contributed by atoms with E-state index in [4.69, 9.17) is 15.2 Å². The van der Waals surface area contributed by atoms with Crippen molar-refractivity contribution < 1.29 is 18.3 Å². The van der Waals surface area contributed by atoms with Crippen LogP contribution >= 0.6 is 0 Å². The SMILES string of the molecule is COc1ccc2ccc(=O)n(C[C@H](N)[C@@H]3CC[C@@H](NC/C=C/c4cc(F)ccc4F)CO3)c2c1. The van der Waals surface area contributed by atoms with Crippen molar-refractivity contribution in [2.75, 3.05) is 20.3 Å². The molecule has 1 saturated heterocycles. The first-order valence-corrected chi connectivity index (χ1v) is 11.3. The number of pyridine rings is 1. The number of nitrogens with zero attached hydrogens (tertiary/aromatic N) is 1. The molecule has 0 bridgehead atoms. The minimum absolute atomic E-state index is 0.118. The molecule has 4 rings (SSSR count). The van der Waals surface area contributed by atoms with Gasteiger partial charge in [0.1, 0.15) is 17.4 Å². The first-order valence-electron chi connectivity index (χ1n) is 11.3. The smallest absolute Gasteiger partial charge is 0.251 e. The molecule has 0 aliphatic carbocycles. The van der Waals surface area contributed by atoms with Gasteiger partial charge in [0.2, 0.25) is 0 Å². The zero-order chi connectivity index (χ0) is 24.1. The number of aromatic nitrogens is 1. The summed E-state index contributed by atoms with van der Waals surface area (Å²) in [5, 5.41) is 4.28. The second-order valence-corrected chi connectivity index (χ2v) is 8.49. The predicted molar refractivity (Wildman–Crippen MR) is 129 cm³/mol. The van der Waals surface area contributed by atoms with Crippen LogP contribution in [-0.4, -0.2) is 43.0 Å². The summed E-state index contributed by atoms with van der Waals surface area (Å²) >= 11 is 0. The molecule has 1 aliphatic rings. The maximum absolute atomic E-state index is 13.7. The maximum Gasteiger partial charge on any atom is 0.251 e. The van der Waals surface area contributed by atoms with Gasteiger partial charge < -0.3 is 25.1 Å². The van der Waals surface area contributed by atoms with Gasteiger partial charge in [-0.2, -0.15) is 0 Å². The predicted octanol–water partition coefficient (Wildman–Crippen LogP) is 3.47. The van der Waals surface area contributed by atoms with Crippen molar-refractivity contribution in [1.82, 2.24) is 9.88 Å². The summed E-state index contributed by atoms with van der Waals surface area (Å²) in [7, 11) is 1.59. The van der Waals surface area contributed by atoms with Gasteiger partial charge in [-0.25, -0.2) is 8.78 Å². The fourth-order valence-corrected chi connectivity index (χ4v) is 4.25. The number of benzene rings is 2. The molecule has 1 fully saturated rings. The normalized spacial score (nSPS) is 19.5. The highest BCUT2D eigenvalue weighted by atomic mass is 19.1. The molecule has 3 atom stereocenters. The minimum Gasteiger partial charge on any atom is -0.497 e. The van der Waals surface area contributed by atoms with Crippen molar-refractivity contribution in [2.24, 2.45) is 5.73 Å². The van der Waals surface area contributed by atoms with E-state index in [1.165, 1.54) is 6.07 Å². The summed E-state index contributed by atoms with van der Waals surface area (Å²) < 4.78 is 39.9. The Labute approximate surface area is 197 Å². The third kappa shape index (κ3) is 5.70. The highest BCUT2D eigenvalue weighted by Gasteiger charge is 2.26. The Bertz CT molecular complexity index is 1220. The maximum atomic E-state index is 13.7. The third-order valence-electron chi connectivity index (χ3n) is 6.16. The molecule has 1 aliphatic heterocycles. The van der Waals surface area contributed by atoms with E-state index < -0.39 is 11.6 Å². The lowest BCUT2D eigenvalue weighted by atomic mass is 9.99. The monoisotopic (exact) mass is 469 g/mol. The molecule has 3 N–H and O–H groups in total. The summed E-state index contributed by atoms with van der Waals surface area (Å²) in [4.78, 5) is 12.6. The van der Waals surface area contributed by atoms with E-state index in [9.17, 15) is 13.6 Å². The summed E-state index contributed by atoms with van der Waals surface area (Å²) in [5.74, 6) is -0.251. The Morgan fingerprint density at radius 2 is 2.03 bits per heavy atom. The van der Waals surface area contributed by atoms with Gasteiger partial charge in [-0.05, 0) is 54.6 Å². The number of nitrogens with two attached hydrogens (primary N) is 1. The molecular weight excluding hydrogens is 440 g/mol. The molecule has 0 spiro atoms. The van der Waals surface area contributed by atoms with E-state index >= 15 is 0 Å². The average Bonchev–Trinajstić information content (AvgIpc) is 2.85. The van der Waals surface area contributed by atoms with Gasteiger partial charge in [0.15, 0.2) is 0 Å². The zero-order valence-electron chi connectivity index (χ0n) is 19.0. The van der Waals surface area contributed by atoms with Crippen LogP contribution in [0, 0.1) is 11.6 Å². The number of hydrogen-bond acceptors (Lipinski definition) is 5. The van der Waals surface area contributed by atoms with E-state index in [1.54, 1.807) is 36.0 Å². The second-order valence-electron chi connectivity index (χ2n) is 8.49. The Morgan fingerprint density at radius 3 is 2.79 bits per heavy atom. The lowest BCUT2D eigenvalue weighted by Gasteiger charge is -2.33. The van der Waals surface area contributed by atoms with Gasteiger partial charge in [0, 0.05) is 42.9 Å². The first kappa shape index (κ1) is 24.1. The Morgan fingerprint density at radius 1 is 1.21 bits per heavy atom. The van der Waals surface area contributed by atoms with Crippen LogP contribution in [0.3, 0.4) is 0 Å². The molecule has 0 unspecified atom stereocenters. The molecule has 0 saturated carbocycles. The quantitative estimate of drug-likeness (QED) is 0.528. The topological polar surface area (TPSA) is 78.5 Å². The zero-order valence-corrected chi connectivity index (χ0v) is 19.0. The number of hydrogen-bond donors (Lipinski definition) is 2. The van der Waals surface area contributed by atoms with Crippen LogP contribution in [-0.2, 0) is 11.3 Å². The number of methoxy groups -OCH3 is 1. The van der Waals surface area contributed by atoms with Crippen LogP contribution in [0.2, 0.25) is 0 Å². The lowest BCUT2D eigenvalue weighted by molar-refractivity contribution is -0.0185. The minimum atomic E-state index is -0.470. The fraction of sp³-hybridized carbons (Fsp3) is 0.346. The van der Waals surface area contributed by atoms with Crippen LogP contribution < -0.4 is 21.3 Å². The molecule has 0 amide bonds. The largest absolute Gasteiger partial charge is 0.497 e. The molecule has 3 aromatic rings. The van der Waals surface area contributed by atoms with Crippen molar-refractivity contribution in [3.63, 3.8) is 0 Å². The molecule has 2 heterocycles. The Balaban J connectivity index is 1.31. The molecule has 1 aromatic heterocycles. The average molecular weight is 470 g/mol. The lowest BCUT2D eigenvalue weighted by Crippen LogP contribution is -2.48. The van der Waals surface area contributed by atoms with Gasteiger partial charge in [0.25, 0.3) is 5.56 Å².